The molecule has 3 N–H and O–H groups in total. The molecule has 0 bridgehead atoms. The average molecular weight is 116 g/mol. The molecular weight excluding hydrogens is 112 g/mol. The van der Waals surface area contributed by atoms with Gasteiger partial charge in [-0.2, -0.15) is 0 Å². The Bertz CT molecular complexity index is 151. The normalized spacial score (nSPS) is 23.5. The zero-order chi connectivity index (χ0) is 6.20. The molecule has 5 nitrogen and oxygen atoms in total. The maximum atomic E-state index is 10.2. The molecule has 0 aliphatic carbocycles. The summed E-state index contributed by atoms with van der Waals surface area (Å²) in [6.07, 6.45) is 0.933. The van der Waals surface area contributed by atoms with E-state index in [0.717, 1.165) is 6.34 Å². The Hall–Kier alpha value is -0.940. The fraction of sp³-hybridized carbons (Fsp3) is 0.333. The Balaban J connectivity index is 2.82. The van der Waals surface area contributed by atoms with Gasteiger partial charge in [-0.05, 0) is 0 Å². The highest BCUT2D eigenvalue weighted by atomic mass is 16.5. The average Bonchev–Trinajstić information content (AvgIpc) is 1.86. The van der Waals surface area contributed by atoms with Gasteiger partial charge < -0.3 is 15.5 Å². The third kappa shape index (κ3) is 0.573. The van der Waals surface area contributed by atoms with Crippen molar-refractivity contribution in [3.05, 3.63) is 0 Å². The van der Waals surface area contributed by atoms with Crippen LogP contribution in [0.3, 0.4) is 0 Å². The number of aliphatic hydroxyl groups is 2. The summed E-state index contributed by atoms with van der Waals surface area (Å²) in [5, 5.41) is 18.8. The molecule has 1 amide bonds. The van der Waals surface area contributed by atoms with Gasteiger partial charge in [-0.1, -0.05) is 0 Å². The molecule has 44 valence electrons. The summed E-state index contributed by atoms with van der Waals surface area (Å²) in [6.45, 7) is 0. The molecule has 1 aliphatic heterocycles. The topological polar surface area (TPSA) is 81.9 Å². The van der Waals surface area contributed by atoms with Crippen LogP contribution in [0.15, 0.2) is 4.99 Å². The maximum Gasteiger partial charge on any atom is 0.350 e. The monoisotopic (exact) mass is 116 g/mol. The van der Waals surface area contributed by atoms with Crippen molar-refractivity contribution in [3.63, 3.8) is 0 Å². The number of hydrogen-bond donors (Lipinski definition) is 3. The highest BCUT2D eigenvalue weighted by Crippen LogP contribution is 2.02. The quantitative estimate of drug-likeness (QED) is 0.313. The number of hydrogen-bond acceptors (Lipinski definition) is 4. The van der Waals surface area contributed by atoms with Crippen molar-refractivity contribution in [2.24, 2.45) is 4.99 Å². The number of nitrogens with one attached hydrogen (secondary N) is 1. The van der Waals surface area contributed by atoms with Crippen LogP contribution in [0, 0.1) is 0 Å². The molecule has 0 spiro atoms. The summed E-state index contributed by atoms with van der Waals surface area (Å²) in [5.74, 6) is -3.45. The van der Waals surface area contributed by atoms with E-state index in [4.69, 9.17) is 10.2 Å². The summed E-state index contributed by atoms with van der Waals surface area (Å²) in [4.78, 5) is 13.1. The Morgan fingerprint density at radius 2 is 2.38 bits per heavy atom. The third-order valence-corrected chi connectivity index (χ3v) is 0.745. The largest absolute Gasteiger partial charge is 0.350 e. The number of amides is 1. The van der Waals surface area contributed by atoms with Crippen LogP contribution in [0.25, 0.3) is 0 Å². The van der Waals surface area contributed by atoms with Crippen molar-refractivity contribution in [2.75, 3.05) is 0 Å². The number of nitrogens with zero attached hydrogens (tertiary/aromatic N) is 1. The zero-order valence-corrected chi connectivity index (χ0v) is 3.83. The lowest BCUT2D eigenvalue weighted by molar-refractivity contribution is -0.176. The lowest BCUT2D eigenvalue weighted by atomic mass is 10.5. The Morgan fingerprint density at radius 3 is 2.50 bits per heavy atom. The Morgan fingerprint density at radius 1 is 1.75 bits per heavy atom. The molecule has 0 radical (unpaired) electrons. The van der Waals surface area contributed by atoms with E-state index in [-0.39, 0.29) is 0 Å². The van der Waals surface area contributed by atoms with E-state index in [1.54, 1.807) is 0 Å². The molecule has 1 rings (SSSR count). The predicted octanol–water partition coefficient (Wildman–Crippen LogP) is -2.22. The molecule has 0 fully saturated rings. The van der Waals surface area contributed by atoms with Gasteiger partial charge >= 0.3 is 11.8 Å². The molecule has 1 heterocycles. The van der Waals surface area contributed by atoms with E-state index in [0.29, 0.717) is 0 Å². The minimum atomic E-state index is -2.53. The van der Waals surface area contributed by atoms with E-state index in [9.17, 15) is 4.79 Å². The Kier molecular flexibility index (Phi) is 0.825. The standard InChI is InChI=1S/C3H4N2O3/c6-2-3(7,8)5-1-4-2/h1,7-8H,(H,4,5,6). The number of rotatable bonds is 0. The molecule has 1 aliphatic rings. The van der Waals surface area contributed by atoms with Crippen LogP contribution in [0.2, 0.25) is 0 Å². The zero-order valence-electron chi connectivity index (χ0n) is 3.83. The van der Waals surface area contributed by atoms with Crippen LogP contribution in [0.1, 0.15) is 0 Å². The molecule has 5 heteroatoms. The van der Waals surface area contributed by atoms with Crippen LogP contribution in [0.5, 0.6) is 0 Å². The first-order valence-corrected chi connectivity index (χ1v) is 1.92. The number of carbonyl (C=O) groups is 1. The van der Waals surface area contributed by atoms with Crippen LogP contribution in [-0.2, 0) is 4.79 Å². The minimum Gasteiger partial charge on any atom is -0.340 e. The van der Waals surface area contributed by atoms with E-state index in [1.165, 1.54) is 0 Å². The van der Waals surface area contributed by atoms with E-state index >= 15 is 0 Å². The van der Waals surface area contributed by atoms with Crippen molar-refractivity contribution in [2.45, 2.75) is 5.91 Å². The van der Waals surface area contributed by atoms with Gasteiger partial charge in [0.15, 0.2) is 0 Å². The smallest absolute Gasteiger partial charge is 0.340 e. The molecule has 0 aromatic carbocycles. The molecule has 0 aromatic rings. The first-order valence-electron chi connectivity index (χ1n) is 1.92. The second kappa shape index (κ2) is 1.27. The summed E-state index contributed by atoms with van der Waals surface area (Å²) in [6, 6.07) is 0. The van der Waals surface area contributed by atoms with Gasteiger partial charge in [0, 0.05) is 0 Å². The lowest BCUT2D eigenvalue weighted by Crippen LogP contribution is -2.38. The highest BCUT2D eigenvalue weighted by molar-refractivity contribution is 5.97. The van der Waals surface area contributed by atoms with Crippen LogP contribution < -0.4 is 5.32 Å². The SMILES string of the molecule is O=C1NC=NC1(O)O. The molecule has 0 aromatic heterocycles. The number of aliphatic imine (C=N–C) groups is 1. The minimum absolute atomic E-state index is 0.919. The summed E-state index contributed by atoms with van der Waals surface area (Å²) < 4.78 is 0. The number of carbonyl (C=O) groups excluding carboxylic acids is 1. The van der Waals surface area contributed by atoms with Gasteiger partial charge in [0.25, 0.3) is 0 Å². The van der Waals surface area contributed by atoms with Gasteiger partial charge in [-0.3, -0.25) is 4.79 Å². The van der Waals surface area contributed by atoms with Crippen molar-refractivity contribution >= 4 is 12.2 Å². The van der Waals surface area contributed by atoms with Crippen molar-refractivity contribution < 1.29 is 15.0 Å². The van der Waals surface area contributed by atoms with Crippen LogP contribution in [0.4, 0.5) is 0 Å². The molecule has 0 saturated carbocycles. The summed E-state index contributed by atoms with van der Waals surface area (Å²) in [7, 11) is 0. The lowest BCUT2D eigenvalue weighted by Gasteiger charge is -2.04. The molecule has 0 unspecified atom stereocenters. The van der Waals surface area contributed by atoms with E-state index in [2.05, 4.69) is 4.99 Å². The van der Waals surface area contributed by atoms with Crippen LogP contribution in [-0.4, -0.2) is 28.4 Å². The molecular formula is C3H4N2O3. The second-order valence-corrected chi connectivity index (χ2v) is 1.37. The summed E-state index contributed by atoms with van der Waals surface area (Å²) >= 11 is 0. The first kappa shape index (κ1) is 5.20. The maximum absolute atomic E-state index is 10.2. The van der Waals surface area contributed by atoms with Gasteiger partial charge in [0.05, 0.1) is 6.34 Å². The molecule has 8 heavy (non-hydrogen) atoms. The van der Waals surface area contributed by atoms with Gasteiger partial charge in [0.2, 0.25) is 0 Å². The fourth-order valence-corrected chi connectivity index (χ4v) is 0.336. The summed E-state index contributed by atoms with van der Waals surface area (Å²) in [5.41, 5.74) is 0. The molecule has 0 saturated heterocycles. The van der Waals surface area contributed by atoms with Gasteiger partial charge in [-0.15, -0.1) is 0 Å². The second-order valence-electron chi connectivity index (χ2n) is 1.37. The van der Waals surface area contributed by atoms with E-state index in [1.807, 2.05) is 5.32 Å². The van der Waals surface area contributed by atoms with Crippen LogP contribution >= 0.6 is 0 Å². The predicted molar refractivity (Wildman–Crippen MR) is 23.8 cm³/mol. The van der Waals surface area contributed by atoms with Gasteiger partial charge in [0.1, 0.15) is 0 Å². The van der Waals surface area contributed by atoms with E-state index < -0.39 is 11.8 Å². The van der Waals surface area contributed by atoms with Crippen molar-refractivity contribution in [1.29, 1.82) is 0 Å². The van der Waals surface area contributed by atoms with Gasteiger partial charge in [-0.25, -0.2) is 4.99 Å². The Labute approximate surface area is 44.7 Å². The first-order chi connectivity index (χ1) is 3.63. The fourth-order valence-electron chi connectivity index (χ4n) is 0.336. The third-order valence-electron chi connectivity index (χ3n) is 0.745. The van der Waals surface area contributed by atoms with Crippen molar-refractivity contribution in [1.82, 2.24) is 5.32 Å². The highest BCUT2D eigenvalue weighted by Gasteiger charge is 2.35. The van der Waals surface area contributed by atoms with Crippen molar-refractivity contribution in [3.8, 4) is 0 Å². The molecule has 0 atom stereocenters.